The van der Waals surface area contributed by atoms with Gasteiger partial charge >= 0.3 is 15.2 Å². The monoisotopic (exact) mass is 442 g/mol. The molecule has 0 heterocycles. The van der Waals surface area contributed by atoms with Crippen LogP contribution in [0.5, 0.6) is 11.5 Å². The van der Waals surface area contributed by atoms with Crippen molar-refractivity contribution in [2.75, 3.05) is 26.4 Å². The van der Waals surface area contributed by atoms with Gasteiger partial charge < -0.3 is 22.8 Å². The van der Waals surface area contributed by atoms with Crippen LogP contribution in [0.2, 0.25) is 0 Å². The van der Waals surface area contributed by atoms with Gasteiger partial charge in [-0.15, -0.1) is 0 Å². The lowest BCUT2D eigenvalue weighted by Gasteiger charge is -2.18. The van der Waals surface area contributed by atoms with Crippen LogP contribution in [0.25, 0.3) is 0 Å². The van der Waals surface area contributed by atoms with E-state index in [-0.39, 0.29) is 26.4 Å². The van der Waals surface area contributed by atoms with Crippen molar-refractivity contribution in [3.8, 4) is 11.5 Å². The zero-order chi connectivity index (χ0) is 21.3. The van der Waals surface area contributed by atoms with Crippen LogP contribution >= 0.6 is 15.2 Å². The molecule has 29 heavy (non-hydrogen) atoms. The summed E-state index contributed by atoms with van der Waals surface area (Å²) in [5.74, 6) is 1.11. The van der Waals surface area contributed by atoms with Crippen LogP contribution in [-0.2, 0) is 27.2 Å². The molecule has 0 saturated carbocycles. The Morgan fingerprint density at radius 1 is 0.552 bits per heavy atom. The summed E-state index contributed by atoms with van der Waals surface area (Å²) in [7, 11) is -6.65. The summed E-state index contributed by atoms with van der Waals surface area (Å²) in [4.78, 5) is 0. The Balaban J connectivity index is 2.14. The van der Waals surface area contributed by atoms with Gasteiger partial charge in [0, 0.05) is 0 Å². The molecule has 0 spiro atoms. The van der Waals surface area contributed by atoms with E-state index >= 15 is 0 Å². The minimum absolute atomic E-state index is 0.287. The zero-order valence-corrected chi connectivity index (χ0v) is 19.0. The standard InChI is InChI=1S/C20H28O7P2/c1-5-23-28(21,24-6-2)19-13-9-17(10-14-19)27-18-11-15-20(16-12-18)29(22,25-7-3)26-8-4/h9-16H,5-8H2,1-4H3. The molecule has 7 nitrogen and oxygen atoms in total. The Labute approximate surface area is 172 Å². The van der Waals surface area contributed by atoms with Gasteiger partial charge in [-0.05, 0) is 76.2 Å². The van der Waals surface area contributed by atoms with Crippen molar-refractivity contribution in [1.82, 2.24) is 0 Å². The topological polar surface area (TPSA) is 80.3 Å². The van der Waals surface area contributed by atoms with E-state index in [1.165, 1.54) is 0 Å². The maximum Gasteiger partial charge on any atom is 0.361 e. The third-order valence-electron chi connectivity index (χ3n) is 3.74. The molecule has 0 N–H and O–H groups in total. The molecule has 2 rings (SSSR count). The SMILES string of the molecule is CCOP(=O)(OCC)c1ccc(Oc2ccc(P(=O)(OCC)OCC)cc2)cc1. The minimum Gasteiger partial charge on any atom is -0.457 e. The van der Waals surface area contributed by atoms with Crippen LogP contribution in [0.15, 0.2) is 48.5 Å². The van der Waals surface area contributed by atoms with E-state index in [0.29, 0.717) is 22.1 Å². The second kappa shape index (κ2) is 11.1. The van der Waals surface area contributed by atoms with Crippen LogP contribution in [0.1, 0.15) is 27.7 Å². The second-order valence-electron chi connectivity index (χ2n) is 5.76. The van der Waals surface area contributed by atoms with E-state index in [0.717, 1.165) is 0 Å². The molecule has 0 aliphatic rings. The fraction of sp³-hybridized carbons (Fsp3) is 0.400. The Morgan fingerprint density at radius 2 is 0.828 bits per heavy atom. The number of ether oxygens (including phenoxy) is 1. The molecule has 0 fully saturated rings. The molecule has 0 saturated heterocycles. The summed E-state index contributed by atoms with van der Waals surface area (Å²) in [6, 6.07) is 13.4. The third-order valence-corrected chi connectivity index (χ3v) is 7.99. The van der Waals surface area contributed by atoms with Crippen molar-refractivity contribution >= 4 is 25.8 Å². The van der Waals surface area contributed by atoms with Crippen LogP contribution in [-0.4, -0.2) is 26.4 Å². The number of hydrogen-bond acceptors (Lipinski definition) is 7. The first kappa shape index (κ1) is 23.8. The predicted molar refractivity (Wildman–Crippen MR) is 114 cm³/mol. The quantitative estimate of drug-likeness (QED) is 0.415. The maximum atomic E-state index is 12.8. The lowest BCUT2D eigenvalue weighted by molar-refractivity contribution is 0.229. The molecule has 0 aliphatic heterocycles. The van der Waals surface area contributed by atoms with Crippen molar-refractivity contribution in [2.45, 2.75) is 27.7 Å². The molecule has 2 aromatic rings. The maximum absolute atomic E-state index is 12.8. The van der Waals surface area contributed by atoms with Crippen molar-refractivity contribution in [1.29, 1.82) is 0 Å². The van der Waals surface area contributed by atoms with Crippen molar-refractivity contribution < 1.29 is 32.0 Å². The average molecular weight is 442 g/mol. The van der Waals surface area contributed by atoms with E-state index in [4.69, 9.17) is 22.8 Å². The highest BCUT2D eigenvalue weighted by Gasteiger charge is 2.27. The molecule has 9 heteroatoms. The summed E-state index contributed by atoms with van der Waals surface area (Å²) >= 11 is 0. The molecule has 0 aromatic heterocycles. The molecular weight excluding hydrogens is 414 g/mol. The molecule has 0 bridgehead atoms. The smallest absolute Gasteiger partial charge is 0.361 e. The van der Waals surface area contributed by atoms with Gasteiger partial charge in [-0.2, -0.15) is 0 Å². The number of rotatable bonds is 12. The van der Waals surface area contributed by atoms with Gasteiger partial charge in [0.1, 0.15) is 11.5 Å². The zero-order valence-electron chi connectivity index (χ0n) is 17.2. The summed E-state index contributed by atoms with van der Waals surface area (Å²) in [6.07, 6.45) is 0. The molecule has 0 atom stereocenters. The van der Waals surface area contributed by atoms with Gasteiger partial charge in [0.2, 0.25) is 0 Å². The predicted octanol–water partition coefficient (Wildman–Crippen LogP) is 5.26. The molecule has 160 valence electrons. The number of hydrogen-bond donors (Lipinski definition) is 0. The molecule has 0 amide bonds. The Hall–Kier alpha value is -1.46. The highest BCUT2D eigenvalue weighted by atomic mass is 31.2. The molecule has 0 unspecified atom stereocenters. The minimum atomic E-state index is -3.33. The fourth-order valence-corrected chi connectivity index (χ4v) is 5.72. The first-order valence-corrected chi connectivity index (χ1v) is 12.7. The molecule has 2 aromatic carbocycles. The summed E-state index contributed by atoms with van der Waals surface area (Å²) in [6.45, 7) is 8.21. The molecule has 0 aliphatic carbocycles. The van der Waals surface area contributed by atoms with Crippen LogP contribution in [0.4, 0.5) is 0 Å². The molecule has 0 radical (unpaired) electrons. The first-order valence-electron chi connectivity index (χ1n) is 9.58. The Morgan fingerprint density at radius 3 is 1.07 bits per heavy atom. The van der Waals surface area contributed by atoms with Crippen molar-refractivity contribution in [3.63, 3.8) is 0 Å². The summed E-state index contributed by atoms with van der Waals surface area (Å²) < 4.78 is 52.7. The van der Waals surface area contributed by atoms with Gasteiger partial charge in [0.25, 0.3) is 0 Å². The van der Waals surface area contributed by atoms with E-state index in [1.807, 2.05) is 0 Å². The third kappa shape index (κ3) is 6.26. The van der Waals surface area contributed by atoms with Crippen LogP contribution in [0, 0.1) is 0 Å². The van der Waals surface area contributed by atoms with Gasteiger partial charge in [0.15, 0.2) is 0 Å². The van der Waals surface area contributed by atoms with Gasteiger partial charge in [0.05, 0.1) is 37.0 Å². The summed E-state index contributed by atoms with van der Waals surface area (Å²) in [5.41, 5.74) is 0. The second-order valence-corrected chi connectivity index (χ2v) is 9.81. The van der Waals surface area contributed by atoms with Crippen molar-refractivity contribution in [2.24, 2.45) is 0 Å². The Bertz CT molecular complexity index is 759. The van der Waals surface area contributed by atoms with Gasteiger partial charge in [-0.25, -0.2) is 0 Å². The van der Waals surface area contributed by atoms with E-state index < -0.39 is 15.2 Å². The lowest BCUT2D eigenvalue weighted by Crippen LogP contribution is -2.10. The van der Waals surface area contributed by atoms with Crippen LogP contribution < -0.4 is 15.3 Å². The lowest BCUT2D eigenvalue weighted by atomic mass is 10.3. The average Bonchev–Trinajstić information content (AvgIpc) is 2.70. The number of benzene rings is 2. The largest absolute Gasteiger partial charge is 0.457 e. The van der Waals surface area contributed by atoms with Crippen molar-refractivity contribution in [3.05, 3.63) is 48.5 Å². The first-order chi connectivity index (χ1) is 13.9. The fourth-order valence-electron chi connectivity index (χ4n) is 2.58. The summed E-state index contributed by atoms with van der Waals surface area (Å²) in [5, 5.41) is 0.941. The van der Waals surface area contributed by atoms with E-state index in [9.17, 15) is 9.13 Å². The normalized spacial score (nSPS) is 12.1. The van der Waals surface area contributed by atoms with Gasteiger partial charge in [-0.1, -0.05) is 0 Å². The highest BCUT2D eigenvalue weighted by molar-refractivity contribution is 7.62. The van der Waals surface area contributed by atoms with E-state index in [2.05, 4.69) is 0 Å². The van der Waals surface area contributed by atoms with E-state index in [1.54, 1.807) is 76.2 Å². The molecular formula is C20H28O7P2. The van der Waals surface area contributed by atoms with Crippen LogP contribution in [0.3, 0.4) is 0 Å². The van der Waals surface area contributed by atoms with Gasteiger partial charge in [-0.3, -0.25) is 9.13 Å². The highest BCUT2D eigenvalue weighted by Crippen LogP contribution is 2.48. The Kier molecular flexibility index (Phi) is 9.09.